The van der Waals surface area contributed by atoms with Gasteiger partial charge in [0.25, 0.3) is 0 Å². The Kier molecular flexibility index (Phi) is 4.40. The van der Waals surface area contributed by atoms with Gasteiger partial charge in [-0.3, -0.25) is 0 Å². The van der Waals surface area contributed by atoms with E-state index >= 15 is 0 Å². The summed E-state index contributed by atoms with van der Waals surface area (Å²) in [5.74, 6) is -0.921. The minimum Gasteiger partial charge on any atom is -0.478 e. The molecule has 1 aliphatic carbocycles. The number of carboxylic acid groups (broad SMARTS) is 1. The lowest BCUT2D eigenvalue weighted by Crippen LogP contribution is -2.16. The van der Waals surface area contributed by atoms with Crippen LogP contribution in [0, 0.1) is 0 Å². The van der Waals surface area contributed by atoms with Crippen LogP contribution >= 0.6 is 0 Å². The second kappa shape index (κ2) is 7.13. The van der Waals surface area contributed by atoms with E-state index in [1.807, 2.05) is 30.3 Å². The number of anilines is 3. The fourth-order valence-electron chi connectivity index (χ4n) is 4.61. The summed E-state index contributed by atoms with van der Waals surface area (Å²) in [6.07, 6.45) is 0. The van der Waals surface area contributed by atoms with Gasteiger partial charge in [0.05, 0.1) is 5.56 Å². The van der Waals surface area contributed by atoms with Crippen LogP contribution in [-0.4, -0.2) is 11.1 Å². The molecule has 31 heavy (non-hydrogen) atoms. The maximum absolute atomic E-state index is 11.3. The molecule has 5 rings (SSSR count). The summed E-state index contributed by atoms with van der Waals surface area (Å²) >= 11 is 0. The number of hydrogen-bond acceptors (Lipinski definition) is 2. The van der Waals surface area contributed by atoms with E-state index < -0.39 is 5.97 Å². The van der Waals surface area contributed by atoms with E-state index in [2.05, 4.69) is 73.3 Å². The number of fused-ring (bicyclic) bond motifs is 3. The molecule has 3 nitrogen and oxygen atoms in total. The van der Waals surface area contributed by atoms with Gasteiger partial charge < -0.3 is 10.0 Å². The van der Waals surface area contributed by atoms with Gasteiger partial charge in [0.15, 0.2) is 0 Å². The van der Waals surface area contributed by atoms with Gasteiger partial charge in [-0.1, -0.05) is 62.4 Å². The van der Waals surface area contributed by atoms with Crippen molar-refractivity contribution in [3.8, 4) is 11.1 Å². The largest absolute Gasteiger partial charge is 0.478 e. The maximum atomic E-state index is 11.3. The molecule has 1 N–H and O–H groups in total. The van der Waals surface area contributed by atoms with Crippen molar-refractivity contribution in [1.29, 1.82) is 0 Å². The molecule has 0 unspecified atom stereocenters. The predicted octanol–water partition coefficient (Wildman–Crippen LogP) is 7.16. The number of para-hydroxylation sites is 1. The Hall–Kier alpha value is -3.85. The van der Waals surface area contributed by atoms with Crippen LogP contribution in [0.15, 0.2) is 97.1 Å². The van der Waals surface area contributed by atoms with E-state index in [0.29, 0.717) is 0 Å². The van der Waals surface area contributed by atoms with Gasteiger partial charge in [0.1, 0.15) is 0 Å². The smallest absolute Gasteiger partial charge is 0.335 e. The second-order valence-corrected chi connectivity index (χ2v) is 8.42. The number of carboxylic acids is 1. The second-order valence-electron chi connectivity index (χ2n) is 8.42. The normalized spacial score (nSPS) is 13.4. The summed E-state index contributed by atoms with van der Waals surface area (Å²) in [7, 11) is 0. The van der Waals surface area contributed by atoms with Crippen LogP contribution in [0.5, 0.6) is 0 Å². The molecule has 0 bridgehead atoms. The topological polar surface area (TPSA) is 40.5 Å². The highest BCUT2D eigenvalue weighted by atomic mass is 16.4. The molecule has 0 spiro atoms. The molecule has 0 amide bonds. The monoisotopic (exact) mass is 405 g/mol. The van der Waals surface area contributed by atoms with Gasteiger partial charge >= 0.3 is 5.97 Å². The maximum Gasteiger partial charge on any atom is 0.335 e. The summed E-state index contributed by atoms with van der Waals surface area (Å²) in [6.45, 7) is 4.55. The van der Waals surface area contributed by atoms with Crippen LogP contribution in [0.25, 0.3) is 11.1 Å². The Morgan fingerprint density at radius 1 is 0.677 bits per heavy atom. The van der Waals surface area contributed by atoms with Crippen molar-refractivity contribution < 1.29 is 9.90 Å². The molecule has 0 atom stereocenters. The van der Waals surface area contributed by atoms with Crippen LogP contribution in [0.4, 0.5) is 17.1 Å². The highest BCUT2D eigenvalue weighted by molar-refractivity contribution is 5.89. The molecule has 0 radical (unpaired) electrons. The first-order chi connectivity index (χ1) is 15.0. The number of rotatable bonds is 4. The molecule has 0 aliphatic heterocycles. The Bertz CT molecular complexity index is 1270. The van der Waals surface area contributed by atoms with Crippen LogP contribution in [0.2, 0.25) is 0 Å². The molecule has 4 aromatic carbocycles. The Labute approximate surface area is 182 Å². The SMILES string of the molecule is CC1(C)c2ccccc2-c2ccc(N(c3ccccc3)c3ccc(C(=O)O)cc3)cc21. The van der Waals surface area contributed by atoms with E-state index in [1.165, 1.54) is 22.3 Å². The zero-order valence-electron chi connectivity index (χ0n) is 17.5. The van der Waals surface area contributed by atoms with Crippen molar-refractivity contribution in [2.24, 2.45) is 0 Å². The molecule has 0 saturated heterocycles. The minimum atomic E-state index is -0.921. The molecule has 4 aromatic rings. The first-order valence-electron chi connectivity index (χ1n) is 10.4. The van der Waals surface area contributed by atoms with Crippen molar-refractivity contribution in [3.05, 3.63) is 114 Å². The van der Waals surface area contributed by atoms with E-state index in [0.717, 1.165) is 17.1 Å². The summed E-state index contributed by atoms with van der Waals surface area (Å²) in [4.78, 5) is 13.5. The molecule has 1 aliphatic rings. The van der Waals surface area contributed by atoms with E-state index in [9.17, 15) is 9.90 Å². The number of carbonyl (C=O) groups is 1. The Morgan fingerprint density at radius 3 is 1.97 bits per heavy atom. The third-order valence-corrected chi connectivity index (χ3v) is 6.21. The van der Waals surface area contributed by atoms with Crippen molar-refractivity contribution in [1.82, 2.24) is 0 Å². The molecule has 152 valence electrons. The molecule has 3 heteroatoms. The van der Waals surface area contributed by atoms with Crippen LogP contribution < -0.4 is 4.90 Å². The number of nitrogens with zero attached hydrogens (tertiary/aromatic N) is 1. The average molecular weight is 405 g/mol. The Balaban J connectivity index is 1.67. The van der Waals surface area contributed by atoms with Gasteiger partial charge in [-0.2, -0.15) is 0 Å². The van der Waals surface area contributed by atoms with Gasteiger partial charge in [0, 0.05) is 22.5 Å². The summed E-state index contributed by atoms with van der Waals surface area (Å²) in [5.41, 5.74) is 8.41. The van der Waals surface area contributed by atoms with E-state index in [4.69, 9.17) is 0 Å². The van der Waals surface area contributed by atoms with Crippen molar-refractivity contribution >= 4 is 23.0 Å². The molecular weight excluding hydrogens is 382 g/mol. The summed E-state index contributed by atoms with van der Waals surface area (Å²) in [6, 6.07) is 32.4. The average Bonchev–Trinajstić information content (AvgIpc) is 3.02. The quantitative estimate of drug-likeness (QED) is 0.391. The Morgan fingerprint density at radius 2 is 1.26 bits per heavy atom. The van der Waals surface area contributed by atoms with E-state index in [1.54, 1.807) is 12.1 Å². The zero-order chi connectivity index (χ0) is 21.6. The van der Waals surface area contributed by atoms with Crippen molar-refractivity contribution in [3.63, 3.8) is 0 Å². The van der Waals surface area contributed by atoms with Crippen LogP contribution in [-0.2, 0) is 5.41 Å². The lowest BCUT2D eigenvalue weighted by Gasteiger charge is -2.28. The number of benzene rings is 4. The minimum absolute atomic E-state index is 0.0859. The highest BCUT2D eigenvalue weighted by Crippen LogP contribution is 2.50. The zero-order valence-corrected chi connectivity index (χ0v) is 17.5. The van der Waals surface area contributed by atoms with Crippen molar-refractivity contribution in [2.75, 3.05) is 4.90 Å². The fourth-order valence-corrected chi connectivity index (χ4v) is 4.61. The first kappa shape index (κ1) is 19.1. The van der Waals surface area contributed by atoms with Crippen LogP contribution in [0.3, 0.4) is 0 Å². The molecule has 0 fully saturated rings. The van der Waals surface area contributed by atoms with E-state index in [-0.39, 0.29) is 11.0 Å². The number of aromatic carboxylic acids is 1. The summed E-state index contributed by atoms with van der Waals surface area (Å²) in [5, 5.41) is 9.28. The third-order valence-electron chi connectivity index (χ3n) is 6.21. The molecule has 0 aromatic heterocycles. The molecular formula is C28H23NO2. The van der Waals surface area contributed by atoms with Gasteiger partial charge in [-0.05, 0) is 70.8 Å². The van der Waals surface area contributed by atoms with Gasteiger partial charge in [0.2, 0.25) is 0 Å². The van der Waals surface area contributed by atoms with Crippen molar-refractivity contribution in [2.45, 2.75) is 19.3 Å². The predicted molar refractivity (Wildman–Crippen MR) is 126 cm³/mol. The third kappa shape index (κ3) is 3.10. The number of hydrogen-bond donors (Lipinski definition) is 1. The lowest BCUT2D eigenvalue weighted by atomic mass is 9.82. The summed E-state index contributed by atoms with van der Waals surface area (Å²) < 4.78 is 0. The lowest BCUT2D eigenvalue weighted by molar-refractivity contribution is 0.0697. The van der Waals surface area contributed by atoms with Crippen LogP contribution in [0.1, 0.15) is 35.3 Å². The van der Waals surface area contributed by atoms with Gasteiger partial charge in [-0.25, -0.2) is 4.79 Å². The molecule has 0 saturated carbocycles. The molecule has 0 heterocycles. The first-order valence-corrected chi connectivity index (χ1v) is 10.4. The fraction of sp³-hybridized carbons (Fsp3) is 0.107. The standard InChI is InChI=1S/C28H23NO2/c1-28(2)25-11-7-6-10-23(25)24-17-16-22(18-26(24)28)29(20-8-4-3-5-9-20)21-14-12-19(13-15-21)27(30)31/h3-18H,1-2H3,(H,30,31). The highest BCUT2D eigenvalue weighted by Gasteiger charge is 2.35. The van der Waals surface area contributed by atoms with Gasteiger partial charge in [-0.15, -0.1) is 0 Å².